The van der Waals surface area contributed by atoms with Gasteiger partial charge in [-0.05, 0) is 49.2 Å². The highest BCUT2D eigenvalue weighted by Gasteiger charge is 2.20. The van der Waals surface area contributed by atoms with Crippen molar-refractivity contribution in [2.45, 2.75) is 20.0 Å². The number of carbonyl (C=O) groups excluding carboxylic acids is 1. The molecule has 0 spiro atoms. The van der Waals surface area contributed by atoms with Crippen LogP contribution in [-0.2, 0) is 9.53 Å². The zero-order valence-corrected chi connectivity index (χ0v) is 12.5. The van der Waals surface area contributed by atoms with Gasteiger partial charge < -0.3 is 14.9 Å². The van der Waals surface area contributed by atoms with Gasteiger partial charge in [-0.3, -0.25) is 0 Å². The highest BCUT2D eigenvalue weighted by atomic mass is 16.5. The highest BCUT2D eigenvalue weighted by Crippen LogP contribution is 2.29. The molecule has 0 radical (unpaired) electrons. The van der Waals surface area contributed by atoms with Gasteiger partial charge in [0.1, 0.15) is 11.5 Å². The number of carbonyl (C=O) groups is 1. The van der Waals surface area contributed by atoms with Crippen LogP contribution >= 0.6 is 0 Å². The lowest BCUT2D eigenvalue weighted by Crippen LogP contribution is -2.13. The summed E-state index contributed by atoms with van der Waals surface area (Å²) < 4.78 is 5.58. The third kappa shape index (κ3) is 3.67. The largest absolute Gasteiger partial charge is 0.508 e. The van der Waals surface area contributed by atoms with E-state index < -0.39 is 12.1 Å². The summed E-state index contributed by atoms with van der Waals surface area (Å²) in [5.41, 5.74) is 1.99. The molecule has 0 aromatic heterocycles. The second kappa shape index (κ2) is 6.80. The Labute approximate surface area is 129 Å². The first-order valence-corrected chi connectivity index (χ1v) is 6.93. The van der Waals surface area contributed by atoms with Crippen LogP contribution in [0, 0.1) is 0 Å². The normalized spacial score (nSPS) is 11.5. The van der Waals surface area contributed by atoms with Gasteiger partial charge >= 0.3 is 5.97 Å². The summed E-state index contributed by atoms with van der Waals surface area (Å²) in [5, 5.41) is 18.8. The molecule has 0 unspecified atom stereocenters. The number of esters is 1. The maximum atomic E-state index is 12.1. The molecule has 2 aromatic carbocycles. The van der Waals surface area contributed by atoms with Crippen molar-refractivity contribution in [3.63, 3.8) is 0 Å². The summed E-state index contributed by atoms with van der Waals surface area (Å²) in [7, 11) is 0. The summed E-state index contributed by atoms with van der Waals surface area (Å²) >= 11 is 0. The topological polar surface area (TPSA) is 66.8 Å². The monoisotopic (exact) mass is 298 g/mol. The number of benzene rings is 2. The Hall–Kier alpha value is -2.75. The van der Waals surface area contributed by atoms with Crippen molar-refractivity contribution in [3.8, 4) is 11.5 Å². The van der Waals surface area contributed by atoms with Gasteiger partial charge in [0, 0.05) is 5.57 Å². The predicted molar refractivity (Wildman–Crippen MR) is 83.6 cm³/mol. The average Bonchev–Trinajstić information content (AvgIpc) is 2.53. The van der Waals surface area contributed by atoms with Gasteiger partial charge in [0.2, 0.25) is 0 Å². The van der Waals surface area contributed by atoms with Crippen LogP contribution in [0.15, 0.2) is 60.2 Å². The number of rotatable bonds is 4. The van der Waals surface area contributed by atoms with Gasteiger partial charge in [-0.15, -0.1) is 0 Å². The molecule has 0 bridgehead atoms. The number of aromatic hydroxyl groups is 2. The van der Waals surface area contributed by atoms with E-state index in [1.54, 1.807) is 68.5 Å². The third-order valence-corrected chi connectivity index (χ3v) is 3.37. The maximum absolute atomic E-state index is 12.1. The van der Waals surface area contributed by atoms with Crippen LogP contribution in [0.2, 0.25) is 0 Å². The lowest BCUT2D eigenvalue weighted by molar-refractivity contribution is -0.142. The molecule has 2 rings (SSSR count). The molecule has 0 atom stereocenters. The zero-order chi connectivity index (χ0) is 16.1. The number of hydrogen-bond donors (Lipinski definition) is 2. The molecule has 0 saturated carbocycles. The highest BCUT2D eigenvalue weighted by molar-refractivity contribution is 5.88. The van der Waals surface area contributed by atoms with Gasteiger partial charge in [0.25, 0.3) is 0 Å². The van der Waals surface area contributed by atoms with Crippen molar-refractivity contribution < 1.29 is 19.7 Å². The van der Waals surface area contributed by atoms with Crippen LogP contribution in [0.4, 0.5) is 0 Å². The number of hydrogen-bond acceptors (Lipinski definition) is 4. The summed E-state index contributed by atoms with van der Waals surface area (Å²) in [4.78, 5) is 12.1. The summed E-state index contributed by atoms with van der Waals surface area (Å²) in [6.07, 6.45) is 1.08. The first-order valence-electron chi connectivity index (χ1n) is 6.93. The van der Waals surface area contributed by atoms with Gasteiger partial charge in [-0.25, -0.2) is 4.79 Å². The fourth-order valence-electron chi connectivity index (χ4n) is 1.94. The minimum atomic E-state index is -0.608. The lowest BCUT2D eigenvalue weighted by Gasteiger charge is -2.19. The minimum Gasteiger partial charge on any atom is -0.508 e. The van der Waals surface area contributed by atoms with E-state index in [0.717, 1.165) is 11.1 Å². The van der Waals surface area contributed by atoms with E-state index in [-0.39, 0.29) is 11.5 Å². The van der Waals surface area contributed by atoms with Gasteiger partial charge in [-0.2, -0.15) is 0 Å². The lowest BCUT2D eigenvalue weighted by atomic mass is 10.0. The van der Waals surface area contributed by atoms with Crippen LogP contribution in [-0.4, -0.2) is 16.2 Å². The van der Waals surface area contributed by atoms with E-state index in [2.05, 4.69) is 0 Å². The Morgan fingerprint density at radius 1 is 0.955 bits per heavy atom. The van der Waals surface area contributed by atoms with Crippen LogP contribution in [0.5, 0.6) is 11.5 Å². The number of phenolic OH excluding ortho intramolecular Hbond substituents is 2. The molecule has 4 heteroatoms. The second-order valence-corrected chi connectivity index (χ2v) is 4.94. The molecule has 2 aromatic rings. The Kier molecular flexibility index (Phi) is 4.84. The predicted octanol–water partition coefficient (Wildman–Crippen LogP) is 3.70. The molecular weight excluding hydrogens is 280 g/mol. The molecule has 22 heavy (non-hydrogen) atoms. The Morgan fingerprint density at radius 3 is 1.73 bits per heavy atom. The Morgan fingerprint density at radius 2 is 1.36 bits per heavy atom. The van der Waals surface area contributed by atoms with E-state index >= 15 is 0 Å². The van der Waals surface area contributed by atoms with Crippen LogP contribution in [0.25, 0.3) is 0 Å². The van der Waals surface area contributed by atoms with Crippen molar-refractivity contribution in [1.29, 1.82) is 0 Å². The Balaban J connectivity index is 2.38. The van der Waals surface area contributed by atoms with Crippen molar-refractivity contribution in [1.82, 2.24) is 0 Å². The molecule has 0 aliphatic rings. The van der Waals surface area contributed by atoms with Crippen molar-refractivity contribution in [2.75, 3.05) is 0 Å². The molecule has 4 nitrogen and oxygen atoms in total. The molecule has 0 fully saturated rings. The van der Waals surface area contributed by atoms with E-state index in [4.69, 9.17) is 4.74 Å². The first-order chi connectivity index (χ1) is 10.5. The smallest absolute Gasteiger partial charge is 0.334 e. The first kappa shape index (κ1) is 15.6. The fourth-order valence-corrected chi connectivity index (χ4v) is 1.94. The standard InChI is InChI=1S/C18H18O4/c1-3-12(2)18(21)22-17(13-4-8-15(19)9-5-13)14-6-10-16(20)11-7-14/h3-11,17,19-20H,1-2H3. The molecule has 2 N–H and O–H groups in total. The minimum absolute atomic E-state index is 0.143. The maximum Gasteiger partial charge on any atom is 0.334 e. The van der Waals surface area contributed by atoms with E-state index in [9.17, 15) is 15.0 Å². The van der Waals surface area contributed by atoms with Gasteiger partial charge in [-0.1, -0.05) is 30.3 Å². The van der Waals surface area contributed by atoms with Crippen molar-refractivity contribution in [3.05, 3.63) is 71.3 Å². The Bertz CT molecular complexity index is 624. The van der Waals surface area contributed by atoms with Gasteiger partial charge in [0.15, 0.2) is 6.10 Å². The van der Waals surface area contributed by atoms with Crippen LogP contribution in [0.1, 0.15) is 31.1 Å². The SMILES string of the molecule is CC=C(C)C(=O)OC(c1ccc(O)cc1)c1ccc(O)cc1. The van der Waals surface area contributed by atoms with Crippen molar-refractivity contribution >= 4 is 5.97 Å². The summed E-state index contributed by atoms with van der Waals surface area (Å²) in [6, 6.07) is 13.0. The van der Waals surface area contributed by atoms with Crippen LogP contribution in [0.3, 0.4) is 0 Å². The molecule has 0 saturated heterocycles. The van der Waals surface area contributed by atoms with Crippen molar-refractivity contribution in [2.24, 2.45) is 0 Å². The van der Waals surface area contributed by atoms with Crippen LogP contribution < -0.4 is 0 Å². The van der Waals surface area contributed by atoms with E-state index in [1.807, 2.05) is 0 Å². The van der Waals surface area contributed by atoms with Gasteiger partial charge in [0.05, 0.1) is 0 Å². The number of phenols is 2. The summed E-state index contributed by atoms with van der Waals surface area (Å²) in [5.74, 6) is -0.123. The fraction of sp³-hybridized carbons (Fsp3) is 0.167. The van der Waals surface area contributed by atoms with E-state index in [1.165, 1.54) is 0 Å². The second-order valence-electron chi connectivity index (χ2n) is 4.94. The quantitative estimate of drug-likeness (QED) is 0.667. The molecule has 0 heterocycles. The molecule has 114 valence electrons. The number of ether oxygens (including phenoxy) is 1. The molecule has 0 aliphatic heterocycles. The third-order valence-electron chi connectivity index (χ3n) is 3.37. The summed E-state index contributed by atoms with van der Waals surface area (Å²) in [6.45, 7) is 3.46. The molecular formula is C18H18O4. The zero-order valence-electron chi connectivity index (χ0n) is 12.5. The molecule has 0 amide bonds. The van der Waals surface area contributed by atoms with E-state index in [0.29, 0.717) is 5.57 Å². The molecule has 0 aliphatic carbocycles. The number of allylic oxidation sites excluding steroid dienone is 1. The average molecular weight is 298 g/mol.